The topological polar surface area (TPSA) is 47.6 Å². The number of benzene rings is 2. The molecule has 2 aromatic rings. The zero-order chi connectivity index (χ0) is 14.4. The lowest BCUT2D eigenvalue weighted by Crippen LogP contribution is -2.02. The third kappa shape index (κ3) is 4.02. The lowest BCUT2D eigenvalue weighted by atomic mass is 10.2. The van der Waals surface area contributed by atoms with Crippen LogP contribution in [0, 0.1) is 0 Å². The normalized spacial score (nSPS) is 9.90. The molecular formula is C16H17NO3. The molecule has 0 aromatic heterocycles. The van der Waals surface area contributed by atoms with Gasteiger partial charge in [0, 0.05) is 19.2 Å². The summed E-state index contributed by atoms with van der Waals surface area (Å²) < 4.78 is 10.2. The number of rotatable bonds is 5. The molecule has 0 aliphatic carbocycles. The van der Waals surface area contributed by atoms with Crippen LogP contribution in [-0.2, 0) is 11.3 Å². The van der Waals surface area contributed by atoms with Crippen LogP contribution in [0.3, 0.4) is 0 Å². The Hall–Kier alpha value is -2.49. The van der Waals surface area contributed by atoms with Gasteiger partial charge in [0.25, 0.3) is 0 Å². The highest BCUT2D eigenvalue weighted by molar-refractivity contribution is 5.69. The molecule has 0 aliphatic rings. The van der Waals surface area contributed by atoms with E-state index >= 15 is 0 Å². The fourth-order valence-electron chi connectivity index (χ4n) is 1.79. The van der Waals surface area contributed by atoms with Crippen LogP contribution in [0.4, 0.5) is 5.69 Å². The average Bonchev–Trinajstić information content (AvgIpc) is 2.46. The number of hydrogen-bond donors (Lipinski definition) is 1. The maximum atomic E-state index is 10.8. The first-order chi connectivity index (χ1) is 9.67. The number of methoxy groups -OCH3 is 1. The van der Waals surface area contributed by atoms with Crippen molar-refractivity contribution in [2.45, 2.75) is 13.5 Å². The van der Waals surface area contributed by atoms with E-state index in [1.54, 1.807) is 19.2 Å². The van der Waals surface area contributed by atoms with Crippen LogP contribution in [0.15, 0.2) is 48.5 Å². The van der Waals surface area contributed by atoms with Gasteiger partial charge in [-0.3, -0.25) is 4.79 Å². The molecule has 0 aliphatic heterocycles. The molecule has 0 saturated heterocycles. The Morgan fingerprint density at radius 2 is 1.85 bits per heavy atom. The highest BCUT2D eigenvalue weighted by atomic mass is 16.5. The van der Waals surface area contributed by atoms with E-state index in [1.165, 1.54) is 6.92 Å². The van der Waals surface area contributed by atoms with Gasteiger partial charge in [-0.25, -0.2) is 0 Å². The standard InChI is InChI=1S/C16H17NO3/c1-12(18)20-15-8-6-14(7-9-15)17-11-13-4-3-5-16(10-13)19-2/h3-10,17H,11H2,1-2H3. The zero-order valence-corrected chi connectivity index (χ0v) is 11.6. The van der Waals surface area contributed by atoms with Crippen LogP contribution < -0.4 is 14.8 Å². The number of ether oxygens (including phenoxy) is 2. The van der Waals surface area contributed by atoms with E-state index in [2.05, 4.69) is 5.32 Å². The van der Waals surface area contributed by atoms with E-state index in [4.69, 9.17) is 9.47 Å². The first-order valence-corrected chi connectivity index (χ1v) is 6.32. The Kier molecular flexibility index (Phi) is 4.60. The number of anilines is 1. The monoisotopic (exact) mass is 271 g/mol. The SMILES string of the molecule is COc1cccc(CNc2ccc(OC(C)=O)cc2)c1. The first-order valence-electron chi connectivity index (χ1n) is 6.32. The second-order valence-electron chi connectivity index (χ2n) is 4.32. The lowest BCUT2D eigenvalue weighted by molar-refractivity contribution is -0.131. The molecule has 0 radical (unpaired) electrons. The van der Waals surface area contributed by atoms with E-state index in [0.29, 0.717) is 12.3 Å². The van der Waals surface area contributed by atoms with E-state index in [-0.39, 0.29) is 5.97 Å². The van der Waals surface area contributed by atoms with Gasteiger partial charge in [-0.15, -0.1) is 0 Å². The molecule has 104 valence electrons. The summed E-state index contributed by atoms with van der Waals surface area (Å²) >= 11 is 0. The summed E-state index contributed by atoms with van der Waals surface area (Å²) in [5.41, 5.74) is 2.09. The van der Waals surface area contributed by atoms with Gasteiger partial charge < -0.3 is 14.8 Å². The smallest absolute Gasteiger partial charge is 0.308 e. The molecule has 0 spiro atoms. The molecule has 0 bridgehead atoms. The number of carbonyl (C=O) groups is 1. The molecule has 20 heavy (non-hydrogen) atoms. The quantitative estimate of drug-likeness (QED) is 0.670. The van der Waals surface area contributed by atoms with Crippen LogP contribution in [0.1, 0.15) is 12.5 Å². The summed E-state index contributed by atoms with van der Waals surface area (Å²) in [5.74, 6) is 1.07. The molecule has 2 aromatic carbocycles. The molecule has 0 unspecified atom stereocenters. The van der Waals surface area contributed by atoms with Crippen molar-refractivity contribution in [1.29, 1.82) is 0 Å². The van der Waals surface area contributed by atoms with Gasteiger partial charge in [0.05, 0.1) is 7.11 Å². The van der Waals surface area contributed by atoms with Gasteiger partial charge in [0.1, 0.15) is 11.5 Å². The number of hydrogen-bond acceptors (Lipinski definition) is 4. The fourth-order valence-corrected chi connectivity index (χ4v) is 1.79. The van der Waals surface area contributed by atoms with Crippen LogP contribution >= 0.6 is 0 Å². The molecule has 0 amide bonds. The number of carbonyl (C=O) groups excluding carboxylic acids is 1. The lowest BCUT2D eigenvalue weighted by Gasteiger charge is -2.08. The number of nitrogens with one attached hydrogen (secondary N) is 1. The second-order valence-corrected chi connectivity index (χ2v) is 4.32. The van der Waals surface area contributed by atoms with Crippen molar-refractivity contribution in [3.8, 4) is 11.5 Å². The Morgan fingerprint density at radius 3 is 2.50 bits per heavy atom. The maximum Gasteiger partial charge on any atom is 0.308 e. The maximum absolute atomic E-state index is 10.8. The highest BCUT2D eigenvalue weighted by Crippen LogP contribution is 2.18. The van der Waals surface area contributed by atoms with Crippen LogP contribution in [0.25, 0.3) is 0 Å². The minimum Gasteiger partial charge on any atom is -0.497 e. The Morgan fingerprint density at radius 1 is 1.10 bits per heavy atom. The van der Waals surface area contributed by atoms with Gasteiger partial charge >= 0.3 is 5.97 Å². The minimum atomic E-state index is -0.318. The van der Waals surface area contributed by atoms with Gasteiger partial charge in [-0.1, -0.05) is 12.1 Å². The van der Waals surface area contributed by atoms with Crippen molar-refractivity contribution in [2.24, 2.45) is 0 Å². The molecular weight excluding hydrogens is 254 g/mol. The van der Waals surface area contributed by atoms with Gasteiger partial charge in [-0.05, 0) is 42.0 Å². The van der Waals surface area contributed by atoms with Gasteiger partial charge in [0.15, 0.2) is 0 Å². The predicted molar refractivity (Wildman–Crippen MR) is 78.1 cm³/mol. The minimum absolute atomic E-state index is 0.318. The van der Waals surface area contributed by atoms with Crippen molar-refractivity contribution < 1.29 is 14.3 Å². The van der Waals surface area contributed by atoms with Crippen molar-refractivity contribution in [2.75, 3.05) is 12.4 Å². The van der Waals surface area contributed by atoms with Gasteiger partial charge in [-0.2, -0.15) is 0 Å². The molecule has 0 fully saturated rings. The molecule has 0 heterocycles. The highest BCUT2D eigenvalue weighted by Gasteiger charge is 1.99. The summed E-state index contributed by atoms with van der Waals surface area (Å²) in [6.07, 6.45) is 0. The molecule has 0 atom stereocenters. The predicted octanol–water partition coefficient (Wildman–Crippen LogP) is 3.23. The second kappa shape index (κ2) is 6.61. The third-order valence-corrected chi connectivity index (χ3v) is 2.75. The third-order valence-electron chi connectivity index (χ3n) is 2.75. The van der Waals surface area contributed by atoms with Crippen molar-refractivity contribution in [3.05, 3.63) is 54.1 Å². The van der Waals surface area contributed by atoms with Crippen molar-refractivity contribution in [3.63, 3.8) is 0 Å². The summed E-state index contributed by atoms with van der Waals surface area (Å²) in [6.45, 7) is 2.08. The summed E-state index contributed by atoms with van der Waals surface area (Å²) in [6, 6.07) is 15.2. The summed E-state index contributed by atoms with van der Waals surface area (Å²) in [5, 5.41) is 3.30. The first kappa shape index (κ1) is 13.9. The largest absolute Gasteiger partial charge is 0.497 e. The Labute approximate surface area is 118 Å². The van der Waals surface area contributed by atoms with E-state index < -0.39 is 0 Å². The van der Waals surface area contributed by atoms with E-state index in [1.807, 2.05) is 36.4 Å². The molecule has 1 N–H and O–H groups in total. The fraction of sp³-hybridized carbons (Fsp3) is 0.188. The Bertz CT molecular complexity index is 579. The van der Waals surface area contributed by atoms with Crippen molar-refractivity contribution in [1.82, 2.24) is 0 Å². The van der Waals surface area contributed by atoms with E-state index in [0.717, 1.165) is 17.0 Å². The Balaban J connectivity index is 1.94. The molecule has 0 saturated carbocycles. The molecule has 4 heteroatoms. The van der Waals surface area contributed by atoms with Crippen LogP contribution in [0.5, 0.6) is 11.5 Å². The van der Waals surface area contributed by atoms with Gasteiger partial charge in [0.2, 0.25) is 0 Å². The summed E-state index contributed by atoms with van der Waals surface area (Å²) in [4.78, 5) is 10.8. The summed E-state index contributed by atoms with van der Waals surface area (Å²) in [7, 11) is 1.65. The van der Waals surface area contributed by atoms with E-state index in [9.17, 15) is 4.79 Å². The van der Waals surface area contributed by atoms with Crippen molar-refractivity contribution >= 4 is 11.7 Å². The van der Waals surface area contributed by atoms with Crippen LogP contribution in [-0.4, -0.2) is 13.1 Å². The molecule has 4 nitrogen and oxygen atoms in total. The van der Waals surface area contributed by atoms with Crippen LogP contribution in [0.2, 0.25) is 0 Å². The zero-order valence-electron chi connectivity index (χ0n) is 11.6. The molecule has 2 rings (SSSR count). The average molecular weight is 271 g/mol. The number of esters is 1.